The second-order valence-corrected chi connectivity index (χ2v) is 6.54. The van der Waals surface area contributed by atoms with Crippen molar-refractivity contribution in [1.29, 1.82) is 0 Å². The molecule has 1 fully saturated rings. The minimum atomic E-state index is 0. The minimum absolute atomic E-state index is 0. The van der Waals surface area contributed by atoms with E-state index in [1.54, 1.807) is 0 Å². The number of nitrogens with zero attached hydrogens (tertiary/aromatic N) is 1. The highest BCUT2D eigenvalue weighted by Gasteiger charge is 2.22. The van der Waals surface area contributed by atoms with E-state index in [2.05, 4.69) is 20.9 Å². The van der Waals surface area contributed by atoms with Crippen molar-refractivity contribution in [3.05, 3.63) is 18.2 Å². The molecule has 1 aromatic rings. The van der Waals surface area contributed by atoms with Gasteiger partial charge in [0.05, 0.1) is 13.2 Å². The highest BCUT2D eigenvalue weighted by Crippen LogP contribution is 2.32. The molecule has 0 saturated heterocycles. The summed E-state index contributed by atoms with van der Waals surface area (Å²) in [5.74, 6) is 2.35. The van der Waals surface area contributed by atoms with Crippen LogP contribution < -0.4 is 25.4 Å². The number of carbonyl (C=O) groups excluding carboxylic acids is 1. The zero-order chi connectivity index (χ0) is 18.2. The summed E-state index contributed by atoms with van der Waals surface area (Å²) in [5.41, 5.74) is 0.889. The van der Waals surface area contributed by atoms with Crippen molar-refractivity contribution >= 4 is 41.5 Å². The summed E-state index contributed by atoms with van der Waals surface area (Å²) in [5, 5.41) is 9.50. The Kier molecular flexibility index (Phi) is 8.96. The van der Waals surface area contributed by atoms with Crippen LogP contribution in [0, 0.1) is 0 Å². The number of amides is 1. The predicted octanol–water partition coefficient (Wildman–Crippen LogP) is 2.90. The number of fused-ring (bicyclic) bond motifs is 1. The van der Waals surface area contributed by atoms with E-state index in [-0.39, 0.29) is 29.9 Å². The average molecular weight is 488 g/mol. The van der Waals surface area contributed by atoms with E-state index >= 15 is 0 Å². The second-order valence-electron chi connectivity index (χ2n) is 6.54. The molecule has 1 aromatic carbocycles. The average Bonchev–Trinajstić information content (AvgIpc) is 3.45. The number of nitrogens with one attached hydrogen (secondary N) is 3. The first kappa shape index (κ1) is 21.6. The van der Waals surface area contributed by atoms with Crippen molar-refractivity contribution in [3.8, 4) is 11.5 Å². The number of carbonyl (C=O) groups is 1. The van der Waals surface area contributed by atoms with Crippen LogP contribution in [-0.2, 0) is 4.79 Å². The molecule has 1 heterocycles. The lowest BCUT2D eigenvalue weighted by Crippen LogP contribution is -2.31. The third-order valence-electron chi connectivity index (χ3n) is 4.13. The monoisotopic (exact) mass is 488 g/mol. The van der Waals surface area contributed by atoms with Crippen molar-refractivity contribution in [2.24, 2.45) is 4.99 Å². The Morgan fingerprint density at radius 3 is 2.74 bits per heavy atom. The Morgan fingerprint density at radius 2 is 2.00 bits per heavy atom. The summed E-state index contributed by atoms with van der Waals surface area (Å²) < 4.78 is 11.4. The van der Waals surface area contributed by atoms with Crippen molar-refractivity contribution in [3.63, 3.8) is 0 Å². The minimum Gasteiger partial charge on any atom is -0.490 e. The van der Waals surface area contributed by atoms with Gasteiger partial charge in [-0.05, 0) is 38.3 Å². The van der Waals surface area contributed by atoms with E-state index < -0.39 is 0 Å². The smallest absolute Gasteiger partial charge is 0.220 e. The Bertz CT molecular complexity index is 650. The normalized spacial score (nSPS) is 16.0. The molecular formula is C19H29IN4O3. The molecule has 7 nitrogen and oxygen atoms in total. The van der Waals surface area contributed by atoms with Crippen LogP contribution >= 0.6 is 24.0 Å². The fourth-order valence-corrected chi connectivity index (χ4v) is 2.64. The third kappa shape index (κ3) is 7.43. The molecule has 0 radical (unpaired) electrons. The van der Waals surface area contributed by atoms with E-state index in [9.17, 15) is 4.79 Å². The van der Waals surface area contributed by atoms with Gasteiger partial charge in [0.15, 0.2) is 17.5 Å². The summed E-state index contributed by atoms with van der Waals surface area (Å²) in [6, 6.07) is 6.21. The van der Waals surface area contributed by atoms with Crippen LogP contribution in [0.2, 0.25) is 0 Å². The van der Waals surface area contributed by atoms with Gasteiger partial charge >= 0.3 is 0 Å². The summed E-state index contributed by atoms with van der Waals surface area (Å²) >= 11 is 0. The first-order chi connectivity index (χ1) is 12.7. The number of aliphatic imine (C=N–C) groups is 1. The van der Waals surface area contributed by atoms with E-state index in [4.69, 9.17) is 9.47 Å². The first-order valence-electron chi connectivity index (χ1n) is 9.49. The number of halogens is 1. The van der Waals surface area contributed by atoms with Gasteiger partial charge < -0.3 is 25.4 Å². The molecule has 0 unspecified atom stereocenters. The van der Waals surface area contributed by atoms with Crippen molar-refractivity contribution in [2.45, 2.75) is 45.1 Å². The van der Waals surface area contributed by atoms with Gasteiger partial charge in [-0.25, -0.2) is 0 Å². The molecule has 1 amide bonds. The molecule has 0 spiro atoms. The number of anilines is 1. The summed E-state index contributed by atoms with van der Waals surface area (Å²) in [6.45, 7) is 4.72. The lowest BCUT2D eigenvalue weighted by atomic mass is 10.2. The molecule has 8 heteroatoms. The molecule has 1 aliphatic carbocycles. The van der Waals surface area contributed by atoms with Gasteiger partial charge in [0.25, 0.3) is 0 Å². The Morgan fingerprint density at radius 1 is 1.22 bits per heavy atom. The maximum absolute atomic E-state index is 11.7. The molecule has 2 aliphatic rings. The number of guanidine groups is 1. The van der Waals surface area contributed by atoms with Gasteiger partial charge in [0, 0.05) is 43.7 Å². The topological polar surface area (TPSA) is 84.0 Å². The number of hydrogen-bond donors (Lipinski definition) is 3. The Labute approximate surface area is 177 Å². The van der Waals surface area contributed by atoms with Crippen LogP contribution in [0.25, 0.3) is 0 Å². The summed E-state index contributed by atoms with van der Waals surface area (Å²) in [7, 11) is 0. The molecule has 150 valence electrons. The van der Waals surface area contributed by atoms with Crippen molar-refractivity contribution in [2.75, 3.05) is 31.6 Å². The quantitative estimate of drug-likeness (QED) is 0.238. The molecular weight excluding hydrogens is 459 g/mol. The van der Waals surface area contributed by atoms with E-state index in [0.717, 1.165) is 49.4 Å². The molecule has 27 heavy (non-hydrogen) atoms. The van der Waals surface area contributed by atoms with Gasteiger partial charge in [-0.3, -0.25) is 9.79 Å². The van der Waals surface area contributed by atoms with Crippen LogP contribution in [0.1, 0.15) is 39.0 Å². The zero-order valence-electron chi connectivity index (χ0n) is 15.8. The zero-order valence-corrected chi connectivity index (χ0v) is 18.1. The van der Waals surface area contributed by atoms with Crippen LogP contribution in [0.5, 0.6) is 11.5 Å². The highest BCUT2D eigenvalue weighted by atomic mass is 127. The van der Waals surface area contributed by atoms with E-state index in [0.29, 0.717) is 38.2 Å². The summed E-state index contributed by atoms with van der Waals surface area (Å²) in [4.78, 5) is 16.3. The lowest BCUT2D eigenvalue weighted by Gasteiger charge is -2.13. The van der Waals surface area contributed by atoms with Crippen LogP contribution in [0.4, 0.5) is 5.69 Å². The largest absolute Gasteiger partial charge is 0.490 e. The first-order valence-corrected chi connectivity index (χ1v) is 9.49. The SMILES string of the molecule is CCNC(=NCCCC(=O)NC1CC1)Nc1ccc2c(c1)OCCCO2.I. The standard InChI is InChI=1S/C19H28N4O3.HI/c1-2-20-19(21-10-3-5-18(24)22-14-6-7-14)23-15-8-9-16-17(13-15)26-12-4-11-25-16;/h8-9,13-14H,2-7,10-12H2,1H3,(H,22,24)(H2,20,21,23);1H. The van der Waals surface area contributed by atoms with Gasteiger partial charge in [0.1, 0.15) is 0 Å². The predicted molar refractivity (Wildman–Crippen MR) is 117 cm³/mol. The van der Waals surface area contributed by atoms with Gasteiger partial charge in [-0.15, -0.1) is 24.0 Å². The fourth-order valence-electron chi connectivity index (χ4n) is 2.64. The number of rotatable bonds is 7. The van der Waals surface area contributed by atoms with Crippen LogP contribution in [0.3, 0.4) is 0 Å². The summed E-state index contributed by atoms with van der Waals surface area (Å²) in [6.07, 6.45) is 4.37. The third-order valence-corrected chi connectivity index (χ3v) is 4.13. The lowest BCUT2D eigenvalue weighted by molar-refractivity contribution is -0.121. The molecule has 0 atom stereocenters. The number of hydrogen-bond acceptors (Lipinski definition) is 4. The molecule has 1 saturated carbocycles. The molecule has 0 bridgehead atoms. The van der Waals surface area contributed by atoms with E-state index in [1.165, 1.54) is 0 Å². The van der Waals surface area contributed by atoms with Gasteiger partial charge in [-0.1, -0.05) is 0 Å². The van der Waals surface area contributed by atoms with Crippen molar-refractivity contribution in [1.82, 2.24) is 10.6 Å². The van der Waals surface area contributed by atoms with Crippen molar-refractivity contribution < 1.29 is 14.3 Å². The van der Waals surface area contributed by atoms with Gasteiger partial charge in [-0.2, -0.15) is 0 Å². The highest BCUT2D eigenvalue weighted by molar-refractivity contribution is 14.0. The molecule has 1 aliphatic heterocycles. The number of benzene rings is 1. The fraction of sp³-hybridized carbons (Fsp3) is 0.579. The van der Waals surface area contributed by atoms with E-state index in [1.807, 2.05) is 25.1 Å². The number of ether oxygens (including phenoxy) is 2. The molecule has 0 aromatic heterocycles. The maximum Gasteiger partial charge on any atom is 0.220 e. The Balaban J connectivity index is 0.00000261. The Hall–Kier alpha value is -1.71. The second kappa shape index (κ2) is 11.2. The van der Waals surface area contributed by atoms with Crippen LogP contribution in [-0.4, -0.2) is 44.2 Å². The van der Waals surface area contributed by atoms with Gasteiger partial charge in [0.2, 0.25) is 5.91 Å². The van der Waals surface area contributed by atoms with Crippen LogP contribution in [0.15, 0.2) is 23.2 Å². The molecule has 3 N–H and O–H groups in total. The molecule has 3 rings (SSSR count). The maximum atomic E-state index is 11.7.